The molecule has 2 aromatic carbocycles. The van der Waals surface area contributed by atoms with Gasteiger partial charge < -0.3 is 19.5 Å². The molecule has 0 unspecified atom stereocenters. The standard InChI is InChI=1S/C19H21NO4S/c1-22-15-8-6-14(7-9-15)12-25-13-19(21)20-10-16-11-23-17-4-2-3-5-18(17)24-16/h2-9,16H,10-13H2,1H3,(H,20,21)/t16-/m1/s1. The van der Waals surface area contributed by atoms with Crippen LogP contribution in [0, 0.1) is 0 Å². The third kappa shape index (κ3) is 5.06. The van der Waals surface area contributed by atoms with Gasteiger partial charge in [-0.25, -0.2) is 0 Å². The number of methoxy groups -OCH3 is 1. The first kappa shape index (κ1) is 17.5. The fraction of sp³-hybridized carbons (Fsp3) is 0.316. The highest BCUT2D eigenvalue weighted by atomic mass is 32.2. The number of carbonyl (C=O) groups is 1. The first-order valence-corrected chi connectivity index (χ1v) is 9.26. The Morgan fingerprint density at radius 1 is 1.20 bits per heavy atom. The maximum atomic E-state index is 12.0. The zero-order valence-electron chi connectivity index (χ0n) is 14.1. The van der Waals surface area contributed by atoms with Gasteiger partial charge in [0.2, 0.25) is 5.91 Å². The molecule has 1 heterocycles. The predicted molar refractivity (Wildman–Crippen MR) is 98.5 cm³/mol. The van der Waals surface area contributed by atoms with Crippen LogP contribution in [-0.2, 0) is 10.5 Å². The molecule has 132 valence electrons. The number of thioether (sulfide) groups is 1. The second-order valence-corrected chi connectivity index (χ2v) is 6.63. The van der Waals surface area contributed by atoms with Crippen molar-refractivity contribution in [2.75, 3.05) is 26.0 Å². The molecule has 25 heavy (non-hydrogen) atoms. The lowest BCUT2D eigenvalue weighted by Crippen LogP contribution is -2.41. The Kier molecular flexibility index (Phi) is 6.06. The summed E-state index contributed by atoms with van der Waals surface area (Å²) in [4.78, 5) is 12.0. The molecular weight excluding hydrogens is 338 g/mol. The van der Waals surface area contributed by atoms with Crippen molar-refractivity contribution >= 4 is 17.7 Å². The smallest absolute Gasteiger partial charge is 0.230 e. The molecule has 0 spiro atoms. The van der Waals surface area contributed by atoms with Crippen LogP contribution < -0.4 is 19.5 Å². The Labute approximate surface area is 151 Å². The molecule has 0 bridgehead atoms. The normalized spacial score (nSPS) is 15.5. The lowest BCUT2D eigenvalue weighted by Gasteiger charge is -2.26. The molecule has 3 rings (SSSR count). The summed E-state index contributed by atoms with van der Waals surface area (Å²) in [7, 11) is 1.65. The minimum Gasteiger partial charge on any atom is -0.497 e. The van der Waals surface area contributed by atoms with Gasteiger partial charge in [-0.15, -0.1) is 11.8 Å². The monoisotopic (exact) mass is 359 g/mol. The van der Waals surface area contributed by atoms with Crippen molar-refractivity contribution in [3.63, 3.8) is 0 Å². The number of nitrogens with one attached hydrogen (secondary N) is 1. The van der Waals surface area contributed by atoms with Crippen molar-refractivity contribution in [2.24, 2.45) is 0 Å². The highest BCUT2D eigenvalue weighted by Gasteiger charge is 2.20. The van der Waals surface area contributed by atoms with E-state index in [4.69, 9.17) is 14.2 Å². The molecule has 5 nitrogen and oxygen atoms in total. The van der Waals surface area contributed by atoms with Gasteiger partial charge in [0.25, 0.3) is 0 Å². The number of amides is 1. The molecule has 0 radical (unpaired) electrons. The van der Waals surface area contributed by atoms with E-state index in [9.17, 15) is 4.79 Å². The van der Waals surface area contributed by atoms with Gasteiger partial charge in [0, 0.05) is 5.75 Å². The Balaban J connectivity index is 1.35. The highest BCUT2D eigenvalue weighted by molar-refractivity contribution is 7.99. The second kappa shape index (κ2) is 8.67. The van der Waals surface area contributed by atoms with E-state index in [1.807, 2.05) is 48.5 Å². The molecule has 0 saturated carbocycles. The highest BCUT2D eigenvalue weighted by Crippen LogP contribution is 2.30. The van der Waals surface area contributed by atoms with Gasteiger partial charge in [-0.1, -0.05) is 24.3 Å². The largest absolute Gasteiger partial charge is 0.497 e. The van der Waals surface area contributed by atoms with Crippen LogP contribution in [0.5, 0.6) is 17.2 Å². The number of hydrogen-bond donors (Lipinski definition) is 1. The van der Waals surface area contributed by atoms with E-state index in [0.717, 1.165) is 23.0 Å². The average Bonchev–Trinajstić information content (AvgIpc) is 2.67. The van der Waals surface area contributed by atoms with E-state index in [-0.39, 0.29) is 12.0 Å². The SMILES string of the molecule is COc1ccc(CSCC(=O)NC[C@@H]2COc3ccccc3O2)cc1. The summed E-state index contributed by atoms with van der Waals surface area (Å²) in [5, 5.41) is 2.90. The lowest BCUT2D eigenvalue weighted by molar-refractivity contribution is -0.119. The molecule has 1 N–H and O–H groups in total. The second-order valence-electron chi connectivity index (χ2n) is 5.64. The van der Waals surface area contributed by atoms with Crippen molar-refractivity contribution in [3.8, 4) is 17.2 Å². The quantitative estimate of drug-likeness (QED) is 0.824. The van der Waals surface area contributed by atoms with Gasteiger partial charge in [-0.05, 0) is 29.8 Å². The molecule has 0 saturated heterocycles. The average molecular weight is 359 g/mol. The van der Waals surface area contributed by atoms with Gasteiger partial charge in [0.15, 0.2) is 11.5 Å². The zero-order valence-corrected chi connectivity index (χ0v) is 14.9. The van der Waals surface area contributed by atoms with Crippen LogP contribution in [0.3, 0.4) is 0 Å². The summed E-state index contributed by atoms with van der Waals surface area (Å²) in [6.07, 6.45) is -0.162. The Morgan fingerprint density at radius 3 is 2.72 bits per heavy atom. The number of fused-ring (bicyclic) bond motifs is 1. The molecule has 0 fully saturated rings. The van der Waals surface area contributed by atoms with Crippen LogP contribution >= 0.6 is 11.8 Å². The van der Waals surface area contributed by atoms with E-state index in [0.29, 0.717) is 18.9 Å². The Hall–Kier alpha value is -2.34. The number of hydrogen-bond acceptors (Lipinski definition) is 5. The predicted octanol–water partition coefficient (Wildman–Crippen LogP) is 2.88. The number of ether oxygens (including phenoxy) is 3. The molecule has 1 atom stereocenters. The topological polar surface area (TPSA) is 56.8 Å². The van der Waals surface area contributed by atoms with E-state index >= 15 is 0 Å². The molecule has 6 heteroatoms. The molecule has 0 aliphatic carbocycles. The Bertz CT molecular complexity index is 705. The van der Waals surface area contributed by atoms with E-state index in [2.05, 4.69) is 5.32 Å². The summed E-state index contributed by atoms with van der Waals surface area (Å²) in [5.41, 5.74) is 1.17. The van der Waals surface area contributed by atoms with Crippen LogP contribution in [0.2, 0.25) is 0 Å². The molecule has 0 aromatic heterocycles. The summed E-state index contributed by atoms with van der Waals surface area (Å²) >= 11 is 1.58. The summed E-state index contributed by atoms with van der Waals surface area (Å²) in [6.45, 7) is 0.881. The molecule has 2 aromatic rings. The minimum absolute atomic E-state index is 0.000898. The van der Waals surface area contributed by atoms with Gasteiger partial charge in [-0.2, -0.15) is 0 Å². The van der Waals surface area contributed by atoms with Crippen molar-refractivity contribution in [1.82, 2.24) is 5.32 Å². The Morgan fingerprint density at radius 2 is 1.96 bits per heavy atom. The fourth-order valence-corrected chi connectivity index (χ4v) is 3.24. The van der Waals surface area contributed by atoms with E-state index in [1.54, 1.807) is 18.9 Å². The summed E-state index contributed by atoms with van der Waals surface area (Å²) in [6, 6.07) is 15.4. The first-order chi connectivity index (χ1) is 12.2. The van der Waals surface area contributed by atoms with E-state index < -0.39 is 0 Å². The summed E-state index contributed by atoms with van der Waals surface area (Å²) < 4.78 is 16.6. The van der Waals surface area contributed by atoms with Crippen LogP contribution in [0.1, 0.15) is 5.56 Å². The van der Waals surface area contributed by atoms with Gasteiger partial charge in [-0.3, -0.25) is 4.79 Å². The molecule has 1 amide bonds. The van der Waals surface area contributed by atoms with Gasteiger partial charge >= 0.3 is 0 Å². The minimum atomic E-state index is -0.162. The summed E-state index contributed by atoms with van der Waals surface area (Å²) in [5.74, 6) is 3.51. The van der Waals surface area contributed by atoms with Crippen molar-refractivity contribution in [1.29, 1.82) is 0 Å². The number of carbonyl (C=O) groups excluding carboxylic acids is 1. The van der Waals surface area contributed by atoms with Gasteiger partial charge in [0.05, 0.1) is 19.4 Å². The third-order valence-electron chi connectivity index (χ3n) is 3.76. The van der Waals surface area contributed by atoms with Crippen molar-refractivity contribution < 1.29 is 19.0 Å². The van der Waals surface area contributed by atoms with Crippen molar-refractivity contribution in [2.45, 2.75) is 11.9 Å². The van der Waals surface area contributed by atoms with Crippen molar-refractivity contribution in [3.05, 3.63) is 54.1 Å². The first-order valence-electron chi connectivity index (χ1n) is 8.10. The number of benzene rings is 2. The maximum absolute atomic E-state index is 12.0. The van der Waals surface area contributed by atoms with Crippen LogP contribution in [0.4, 0.5) is 0 Å². The molecule has 1 aliphatic rings. The fourth-order valence-electron chi connectivity index (χ4n) is 2.43. The molecular formula is C19H21NO4S. The van der Waals surface area contributed by atoms with Crippen LogP contribution in [0.25, 0.3) is 0 Å². The number of rotatable bonds is 7. The third-order valence-corrected chi connectivity index (χ3v) is 4.76. The van der Waals surface area contributed by atoms with E-state index in [1.165, 1.54) is 5.56 Å². The van der Waals surface area contributed by atoms with Crippen LogP contribution in [-0.4, -0.2) is 38.0 Å². The zero-order chi connectivity index (χ0) is 17.5. The maximum Gasteiger partial charge on any atom is 0.230 e. The molecule has 1 aliphatic heterocycles. The number of para-hydroxylation sites is 2. The lowest BCUT2D eigenvalue weighted by atomic mass is 10.2. The van der Waals surface area contributed by atoms with Gasteiger partial charge in [0.1, 0.15) is 18.5 Å². The van der Waals surface area contributed by atoms with Crippen LogP contribution in [0.15, 0.2) is 48.5 Å².